The number of carbonyl (C=O) groups is 2. The zero-order chi connectivity index (χ0) is 27.7. The molecule has 2 aliphatic rings. The summed E-state index contributed by atoms with van der Waals surface area (Å²) in [6.07, 6.45) is 1.33. The van der Waals surface area contributed by atoms with Crippen LogP contribution in [-0.2, 0) is 25.5 Å². The first-order valence-electron chi connectivity index (χ1n) is 13.6. The van der Waals surface area contributed by atoms with Crippen molar-refractivity contribution in [2.75, 3.05) is 51.9 Å². The number of pyridine rings is 1. The van der Waals surface area contributed by atoms with Crippen LogP contribution in [0.2, 0.25) is 0 Å². The Hall–Kier alpha value is -4.03. The van der Waals surface area contributed by atoms with Crippen molar-refractivity contribution < 1.29 is 23.8 Å². The van der Waals surface area contributed by atoms with E-state index < -0.39 is 5.97 Å². The molecular weight excluding hydrogens is 506 g/mol. The number of ether oxygens (including phenoxy) is 3. The van der Waals surface area contributed by atoms with Crippen LogP contribution in [0.3, 0.4) is 0 Å². The van der Waals surface area contributed by atoms with Crippen LogP contribution in [0.4, 0.5) is 5.82 Å². The van der Waals surface area contributed by atoms with Gasteiger partial charge in [-0.15, -0.1) is 0 Å². The van der Waals surface area contributed by atoms with Crippen LogP contribution in [0.15, 0.2) is 60.7 Å². The topological polar surface area (TPSA) is 90.0 Å². The van der Waals surface area contributed by atoms with Crippen LogP contribution in [0.25, 0.3) is 11.3 Å². The van der Waals surface area contributed by atoms with Gasteiger partial charge in [-0.1, -0.05) is 36.1 Å². The fourth-order valence-electron chi connectivity index (χ4n) is 4.75. The van der Waals surface area contributed by atoms with Gasteiger partial charge in [0.2, 0.25) is 5.91 Å². The van der Waals surface area contributed by atoms with Gasteiger partial charge in [-0.05, 0) is 54.8 Å². The van der Waals surface area contributed by atoms with Crippen LogP contribution >= 0.6 is 0 Å². The van der Waals surface area contributed by atoms with Crippen LogP contribution in [-0.4, -0.2) is 68.4 Å². The molecule has 8 heteroatoms. The average molecular weight is 540 g/mol. The Labute approximate surface area is 234 Å². The predicted octanol–water partition coefficient (Wildman–Crippen LogP) is 4.13. The monoisotopic (exact) mass is 539 g/mol. The van der Waals surface area contributed by atoms with E-state index in [0.29, 0.717) is 43.1 Å². The summed E-state index contributed by atoms with van der Waals surface area (Å²) in [4.78, 5) is 32.1. The number of aromatic nitrogens is 1. The smallest absolute Gasteiger partial charge is 0.338 e. The third-order valence-corrected chi connectivity index (χ3v) is 7.09. The highest BCUT2D eigenvalue weighted by atomic mass is 16.5. The molecule has 3 heterocycles. The maximum absolute atomic E-state index is 12.8. The number of carbonyl (C=O) groups excluding carboxylic acids is 2. The Balaban J connectivity index is 1.28. The molecule has 1 N–H and O–H groups in total. The van der Waals surface area contributed by atoms with Gasteiger partial charge >= 0.3 is 5.97 Å². The number of nitrogens with one attached hydrogen (secondary N) is 1. The van der Waals surface area contributed by atoms with Gasteiger partial charge in [-0.3, -0.25) is 9.69 Å². The summed E-state index contributed by atoms with van der Waals surface area (Å²) in [5, 5.41) is 2.87. The average Bonchev–Trinajstić information content (AvgIpc) is 3.01. The number of morpholine rings is 1. The summed E-state index contributed by atoms with van der Waals surface area (Å²) in [5.41, 5.74) is 4.74. The van der Waals surface area contributed by atoms with Gasteiger partial charge in [0.1, 0.15) is 5.82 Å². The number of anilines is 1. The highest BCUT2D eigenvalue weighted by molar-refractivity contribution is 5.95. The lowest BCUT2D eigenvalue weighted by molar-refractivity contribution is -0.122. The van der Waals surface area contributed by atoms with Crippen LogP contribution in [0.1, 0.15) is 39.9 Å². The van der Waals surface area contributed by atoms with E-state index in [1.165, 1.54) is 12.7 Å². The largest absolute Gasteiger partial charge is 0.465 e. The zero-order valence-corrected chi connectivity index (χ0v) is 22.7. The summed E-state index contributed by atoms with van der Waals surface area (Å²) in [5.74, 6) is 6.00. The van der Waals surface area contributed by atoms with E-state index >= 15 is 0 Å². The molecule has 0 bridgehead atoms. The third kappa shape index (κ3) is 7.33. The number of hydrogen-bond acceptors (Lipinski definition) is 7. The number of methoxy groups -OCH3 is 1. The summed E-state index contributed by atoms with van der Waals surface area (Å²) in [6.45, 7) is 5.57. The van der Waals surface area contributed by atoms with Gasteiger partial charge in [-0.25, -0.2) is 9.78 Å². The highest BCUT2D eigenvalue weighted by Crippen LogP contribution is 2.24. The molecule has 2 aromatic carbocycles. The highest BCUT2D eigenvalue weighted by Gasteiger charge is 2.23. The van der Waals surface area contributed by atoms with Crippen molar-refractivity contribution in [3.05, 3.63) is 82.9 Å². The second kappa shape index (κ2) is 13.4. The maximum atomic E-state index is 12.8. The fraction of sp³-hybridized carbons (Fsp3) is 0.344. The van der Waals surface area contributed by atoms with Crippen molar-refractivity contribution in [3.63, 3.8) is 0 Å². The summed E-state index contributed by atoms with van der Waals surface area (Å²) in [7, 11) is 1.33. The van der Waals surface area contributed by atoms with E-state index in [0.717, 1.165) is 49.5 Å². The molecular formula is C32H33N3O5. The van der Waals surface area contributed by atoms with Gasteiger partial charge in [-0.2, -0.15) is 0 Å². The lowest BCUT2D eigenvalue weighted by Gasteiger charge is -2.26. The first kappa shape index (κ1) is 27.5. The van der Waals surface area contributed by atoms with E-state index in [9.17, 15) is 9.59 Å². The van der Waals surface area contributed by atoms with Crippen molar-refractivity contribution in [2.24, 2.45) is 5.92 Å². The first-order valence-corrected chi connectivity index (χ1v) is 13.6. The minimum Gasteiger partial charge on any atom is -0.465 e. The van der Waals surface area contributed by atoms with Crippen molar-refractivity contribution >= 4 is 17.7 Å². The zero-order valence-electron chi connectivity index (χ0n) is 22.7. The number of amides is 1. The number of benzene rings is 2. The standard InChI is InChI=1S/C32H33N3O5/c1-38-32(37)28-20-29(33-30(21-28)34-31(36)27-12-16-39-17-13-27)26-10-8-24(9-11-26)3-2-23-4-6-25(7-5-23)22-35-14-18-40-19-15-35/h4-11,20-21,27H,12-19,22H2,1H3,(H,33,34,36). The predicted molar refractivity (Wildman–Crippen MR) is 152 cm³/mol. The first-order chi connectivity index (χ1) is 19.6. The molecule has 0 saturated carbocycles. The van der Waals surface area contributed by atoms with Gasteiger partial charge in [0.15, 0.2) is 0 Å². The van der Waals surface area contributed by atoms with Gasteiger partial charge in [0.25, 0.3) is 0 Å². The minimum atomic E-state index is -0.497. The molecule has 0 aliphatic carbocycles. The second-order valence-electron chi connectivity index (χ2n) is 9.91. The lowest BCUT2D eigenvalue weighted by atomic mass is 9.99. The van der Waals surface area contributed by atoms with Crippen LogP contribution < -0.4 is 5.32 Å². The molecule has 40 heavy (non-hydrogen) atoms. The summed E-state index contributed by atoms with van der Waals surface area (Å²) < 4.78 is 15.7. The molecule has 1 aromatic heterocycles. The molecule has 206 valence electrons. The van der Waals surface area contributed by atoms with E-state index in [1.807, 2.05) is 24.3 Å². The SMILES string of the molecule is COC(=O)c1cc(NC(=O)C2CCOCC2)nc(-c2ccc(C#Cc3ccc(CN4CCOCC4)cc3)cc2)c1. The summed E-state index contributed by atoms with van der Waals surface area (Å²) in [6, 6.07) is 19.2. The molecule has 2 saturated heterocycles. The molecule has 8 nitrogen and oxygen atoms in total. The fourth-order valence-corrected chi connectivity index (χ4v) is 4.75. The molecule has 5 rings (SSSR count). The van der Waals surface area contributed by atoms with Crippen molar-refractivity contribution in [1.82, 2.24) is 9.88 Å². The van der Waals surface area contributed by atoms with E-state index in [4.69, 9.17) is 14.2 Å². The normalized spacial score (nSPS) is 16.0. The molecule has 0 spiro atoms. The Morgan fingerprint density at radius 2 is 1.55 bits per heavy atom. The molecule has 0 unspecified atom stereocenters. The van der Waals surface area contributed by atoms with Crippen molar-refractivity contribution in [3.8, 4) is 23.1 Å². The van der Waals surface area contributed by atoms with E-state index in [-0.39, 0.29) is 11.8 Å². The number of rotatable bonds is 6. The number of nitrogens with zero attached hydrogens (tertiary/aromatic N) is 2. The molecule has 2 aliphatic heterocycles. The summed E-state index contributed by atoms with van der Waals surface area (Å²) >= 11 is 0. The Morgan fingerprint density at radius 1 is 0.925 bits per heavy atom. The molecule has 0 radical (unpaired) electrons. The van der Waals surface area contributed by atoms with E-state index in [2.05, 4.69) is 51.3 Å². The Bertz CT molecular complexity index is 1380. The lowest BCUT2D eigenvalue weighted by Crippen LogP contribution is -2.35. The van der Waals surface area contributed by atoms with Gasteiger partial charge < -0.3 is 19.5 Å². The van der Waals surface area contributed by atoms with Gasteiger partial charge in [0.05, 0.1) is 31.6 Å². The van der Waals surface area contributed by atoms with E-state index in [1.54, 1.807) is 12.1 Å². The molecule has 1 amide bonds. The van der Waals surface area contributed by atoms with Crippen molar-refractivity contribution in [2.45, 2.75) is 19.4 Å². The quantitative estimate of drug-likeness (QED) is 0.372. The maximum Gasteiger partial charge on any atom is 0.338 e. The number of esters is 1. The minimum absolute atomic E-state index is 0.122. The third-order valence-electron chi connectivity index (χ3n) is 7.09. The Morgan fingerprint density at radius 3 is 2.20 bits per heavy atom. The number of hydrogen-bond donors (Lipinski definition) is 1. The van der Waals surface area contributed by atoms with Crippen LogP contribution in [0.5, 0.6) is 0 Å². The van der Waals surface area contributed by atoms with Crippen molar-refractivity contribution in [1.29, 1.82) is 0 Å². The Kier molecular flexibility index (Phi) is 9.19. The molecule has 0 atom stereocenters. The second-order valence-corrected chi connectivity index (χ2v) is 9.91. The van der Waals surface area contributed by atoms with Gasteiger partial charge in [0, 0.05) is 55.5 Å². The molecule has 3 aromatic rings. The molecule has 2 fully saturated rings. The van der Waals surface area contributed by atoms with Crippen LogP contribution in [0, 0.1) is 17.8 Å².